The molecule has 162 valence electrons. The molecule has 0 bridgehead atoms. The molecule has 0 saturated carbocycles. The van der Waals surface area contributed by atoms with Gasteiger partial charge in [-0.15, -0.1) is 0 Å². The van der Waals surface area contributed by atoms with Crippen LogP contribution in [0.25, 0.3) is 28.4 Å². The summed E-state index contributed by atoms with van der Waals surface area (Å²) >= 11 is 0. The number of pyridine rings is 1. The lowest BCUT2D eigenvalue weighted by molar-refractivity contribution is 0.432. The van der Waals surface area contributed by atoms with Crippen molar-refractivity contribution in [1.29, 1.82) is 5.26 Å². The zero-order valence-corrected chi connectivity index (χ0v) is 18.2. The number of aromatic hydroxyl groups is 1. The fourth-order valence-electron chi connectivity index (χ4n) is 4.05. The van der Waals surface area contributed by atoms with Gasteiger partial charge in [-0.3, -0.25) is 19.1 Å². The SMILES string of the molecule is Cc1ccc(-n2[nH]c(=O)c(/C=c3/c(C)c(C#N)c4nc5ccccc5n4c3=O)c2O)cc1C. The van der Waals surface area contributed by atoms with Gasteiger partial charge in [-0.1, -0.05) is 18.2 Å². The quantitative estimate of drug-likeness (QED) is 0.440. The van der Waals surface area contributed by atoms with E-state index in [4.69, 9.17) is 0 Å². The van der Waals surface area contributed by atoms with Crippen LogP contribution in [0.5, 0.6) is 5.88 Å². The number of benzene rings is 2. The topological polar surface area (TPSA) is 116 Å². The number of H-pyrrole nitrogens is 1. The van der Waals surface area contributed by atoms with Crippen molar-refractivity contribution in [3.63, 3.8) is 0 Å². The molecule has 3 heterocycles. The Morgan fingerprint density at radius 2 is 1.85 bits per heavy atom. The number of nitrogens with zero attached hydrogens (tertiary/aromatic N) is 4. The first-order chi connectivity index (χ1) is 15.8. The molecule has 0 radical (unpaired) electrons. The number of aryl methyl sites for hydroxylation is 2. The number of aromatic amines is 1. The molecule has 0 aliphatic carbocycles. The minimum Gasteiger partial charge on any atom is -0.493 e. The van der Waals surface area contributed by atoms with Gasteiger partial charge >= 0.3 is 0 Å². The van der Waals surface area contributed by atoms with E-state index in [1.54, 1.807) is 37.3 Å². The fraction of sp³-hybridized carbons (Fsp3) is 0.120. The first-order valence-corrected chi connectivity index (χ1v) is 10.3. The molecule has 0 amide bonds. The summed E-state index contributed by atoms with van der Waals surface area (Å²) in [6, 6.07) is 14.7. The molecule has 5 rings (SSSR count). The van der Waals surface area contributed by atoms with E-state index in [1.165, 1.54) is 15.2 Å². The van der Waals surface area contributed by atoms with Crippen LogP contribution >= 0.6 is 0 Å². The molecule has 0 unspecified atom stereocenters. The maximum absolute atomic E-state index is 13.5. The van der Waals surface area contributed by atoms with Gasteiger partial charge in [0.15, 0.2) is 5.65 Å². The number of para-hydroxylation sites is 2. The van der Waals surface area contributed by atoms with Crippen LogP contribution in [0.4, 0.5) is 0 Å². The van der Waals surface area contributed by atoms with Gasteiger partial charge in [0.25, 0.3) is 11.1 Å². The van der Waals surface area contributed by atoms with Gasteiger partial charge in [0.05, 0.1) is 22.3 Å². The van der Waals surface area contributed by atoms with E-state index in [9.17, 15) is 20.0 Å². The molecule has 8 nitrogen and oxygen atoms in total. The predicted octanol–water partition coefficient (Wildman–Crippen LogP) is 2.38. The second-order valence-corrected chi connectivity index (χ2v) is 8.02. The molecular formula is C25H19N5O3. The Bertz CT molecular complexity index is 1820. The fourth-order valence-corrected chi connectivity index (χ4v) is 4.05. The maximum Gasteiger partial charge on any atom is 0.275 e. The first kappa shape index (κ1) is 20.3. The van der Waals surface area contributed by atoms with Crippen molar-refractivity contribution in [2.75, 3.05) is 0 Å². The van der Waals surface area contributed by atoms with Crippen LogP contribution in [0, 0.1) is 32.1 Å². The van der Waals surface area contributed by atoms with E-state index in [0.29, 0.717) is 22.3 Å². The molecular weight excluding hydrogens is 418 g/mol. The van der Waals surface area contributed by atoms with Gasteiger partial charge in [-0.2, -0.15) is 5.26 Å². The zero-order valence-electron chi connectivity index (χ0n) is 18.2. The van der Waals surface area contributed by atoms with Gasteiger partial charge in [-0.25, -0.2) is 9.67 Å². The van der Waals surface area contributed by atoms with Crippen LogP contribution in [0.1, 0.15) is 27.8 Å². The van der Waals surface area contributed by atoms with Crippen molar-refractivity contribution < 1.29 is 5.11 Å². The number of hydrogen-bond acceptors (Lipinski definition) is 5. The lowest BCUT2D eigenvalue weighted by Crippen LogP contribution is -2.34. The normalized spacial score (nSPS) is 12.0. The summed E-state index contributed by atoms with van der Waals surface area (Å²) in [5, 5.41) is 23.4. The van der Waals surface area contributed by atoms with Crippen molar-refractivity contribution >= 4 is 22.8 Å². The molecule has 0 spiro atoms. The minimum absolute atomic E-state index is 0.0684. The number of rotatable bonds is 2. The summed E-state index contributed by atoms with van der Waals surface area (Å²) < 4.78 is 2.65. The summed E-state index contributed by atoms with van der Waals surface area (Å²) in [5.74, 6) is -0.323. The first-order valence-electron chi connectivity index (χ1n) is 10.3. The van der Waals surface area contributed by atoms with Crippen LogP contribution < -0.4 is 16.3 Å². The summed E-state index contributed by atoms with van der Waals surface area (Å²) in [6.07, 6.45) is 1.33. The minimum atomic E-state index is -0.557. The maximum atomic E-state index is 13.5. The van der Waals surface area contributed by atoms with Gasteiger partial charge in [-0.05, 0) is 67.8 Å². The molecule has 0 atom stereocenters. The molecule has 8 heteroatoms. The molecule has 33 heavy (non-hydrogen) atoms. The number of fused-ring (bicyclic) bond motifs is 3. The lowest BCUT2D eigenvalue weighted by atomic mass is 10.1. The number of hydrogen-bond donors (Lipinski definition) is 2. The van der Waals surface area contributed by atoms with Crippen molar-refractivity contribution in [3.8, 4) is 17.6 Å². The van der Waals surface area contributed by atoms with Gasteiger partial charge in [0.1, 0.15) is 11.6 Å². The van der Waals surface area contributed by atoms with E-state index in [1.807, 2.05) is 26.0 Å². The number of nitrogens with one attached hydrogen (secondary N) is 1. The van der Waals surface area contributed by atoms with Crippen LogP contribution in [0.2, 0.25) is 0 Å². The van der Waals surface area contributed by atoms with E-state index in [2.05, 4.69) is 16.2 Å². The van der Waals surface area contributed by atoms with E-state index in [-0.39, 0.29) is 27.9 Å². The Labute approximate surface area is 187 Å². The van der Waals surface area contributed by atoms with Crippen LogP contribution in [0.3, 0.4) is 0 Å². The molecule has 2 aromatic carbocycles. The van der Waals surface area contributed by atoms with Gasteiger partial charge in [0.2, 0.25) is 5.88 Å². The number of aromatic nitrogens is 4. The Balaban J connectivity index is 1.84. The number of nitriles is 1. The smallest absolute Gasteiger partial charge is 0.275 e. The molecule has 5 aromatic rings. The third-order valence-corrected chi connectivity index (χ3v) is 6.06. The average molecular weight is 437 g/mol. The Morgan fingerprint density at radius 1 is 1.09 bits per heavy atom. The standard InChI is InChI=1S/C25H19N5O3/c1-13-8-9-16(10-14(13)2)30-25(33)18(23(31)28-30)11-17-15(3)19(12-26)22-27-20-6-4-5-7-21(20)29(22)24(17)32/h4-11,33H,1-3H3,(H,28,31)/b17-11-. The molecule has 0 aliphatic heterocycles. The van der Waals surface area contributed by atoms with Crippen LogP contribution in [0.15, 0.2) is 52.1 Å². The highest BCUT2D eigenvalue weighted by molar-refractivity contribution is 5.82. The third kappa shape index (κ3) is 2.94. The molecule has 0 fully saturated rings. The van der Waals surface area contributed by atoms with Crippen molar-refractivity contribution in [3.05, 3.63) is 96.2 Å². The van der Waals surface area contributed by atoms with Crippen LogP contribution in [-0.2, 0) is 0 Å². The van der Waals surface area contributed by atoms with Crippen molar-refractivity contribution in [1.82, 2.24) is 19.2 Å². The molecule has 0 aliphatic rings. The second kappa shape index (κ2) is 7.21. The predicted molar refractivity (Wildman–Crippen MR) is 125 cm³/mol. The summed E-state index contributed by atoms with van der Waals surface area (Å²) in [5.41, 5.74) is 3.66. The van der Waals surface area contributed by atoms with Crippen molar-refractivity contribution in [2.24, 2.45) is 0 Å². The summed E-state index contributed by atoms with van der Waals surface area (Å²) in [4.78, 5) is 30.7. The summed E-state index contributed by atoms with van der Waals surface area (Å²) in [6.45, 7) is 5.54. The Hall–Kier alpha value is -4.64. The third-order valence-electron chi connectivity index (χ3n) is 6.06. The van der Waals surface area contributed by atoms with Gasteiger partial charge < -0.3 is 5.11 Å². The Kier molecular flexibility index (Phi) is 4.43. The highest BCUT2D eigenvalue weighted by atomic mass is 16.3. The lowest BCUT2D eigenvalue weighted by Gasteiger charge is -2.07. The molecule has 3 aromatic heterocycles. The largest absolute Gasteiger partial charge is 0.493 e. The second-order valence-electron chi connectivity index (χ2n) is 8.02. The zero-order chi connectivity index (χ0) is 23.4. The van der Waals surface area contributed by atoms with Crippen LogP contribution in [-0.4, -0.2) is 24.3 Å². The van der Waals surface area contributed by atoms with Gasteiger partial charge in [0, 0.05) is 5.22 Å². The highest BCUT2D eigenvalue weighted by Crippen LogP contribution is 2.22. The molecule has 0 saturated heterocycles. The average Bonchev–Trinajstić information content (AvgIpc) is 3.31. The van der Waals surface area contributed by atoms with E-state index >= 15 is 0 Å². The van der Waals surface area contributed by atoms with Crippen molar-refractivity contribution in [2.45, 2.75) is 20.8 Å². The highest BCUT2D eigenvalue weighted by Gasteiger charge is 2.19. The molecule has 2 N–H and O–H groups in total. The van der Waals surface area contributed by atoms with E-state index in [0.717, 1.165) is 11.1 Å². The number of imidazole rings is 1. The monoisotopic (exact) mass is 437 g/mol. The van der Waals surface area contributed by atoms with E-state index < -0.39 is 11.1 Å². The Morgan fingerprint density at radius 3 is 2.58 bits per heavy atom. The summed E-state index contributed by atoms with van der Waals surface area (Å²) in [7, 11) is 0.